The quantitative estimate of drug-likeness (QED) is 0.761. The van der Waals surface area contributed by atoms with Crippen LogP contribution in [-0.4, -0.2) is 32.0 Å². The van der Waals surface area contributed by atoms with Crippen LogP contribution in [0.4, 0.5) is 0 Å². The molecule has 0 aromatic heterocycles. The Hall–Kier alpha value is -0.170. The van der Waals surface area contributed by atoms with E-state index in [2.05, 4.69) is 4.72 Å². The molecule has 1 aliphatic heterocycles. The molecule has 96 valence electrons. The summed E-state index contributed by atoms with van der Waals surface area (Å²) in [5, 5.41) is 0. The zero-order valence-electron chi connectivity index (χ0n) is 10.3. The minimum absolute atomic E-state index is 0.226. The third-order valence-corrected chi connectivity index (χ3v) is 4.51. The summed E-state index contributed by atoms with van der Waals surface area (Å²) < 4.78 is 28.0. The molecule has 1 fully saturated rings. The fourth-order valence-corrected chi connectivity index (χ4v) is 3.42. The van der Waals surface area contributed by atoms with Crippen LogP contribution in [0.3, 0.4) is 0 Å². The van der Waals surface area contributed by atoms with E-state index >= 15 is 0 Å². The van der Waals surface area contributed by atoms with Crippen molar-refractivity contribution in [2.24, 2.45) is 17.6 Å². The van der Waals surface area contributed by atoms with Crippen LogP contribution in [0.5, 0.6) is 0 Å². The number of hydrogen-bond donors (Lipinski definition) is 2. The van der Waals surface area contributed by atoms with Crippen LogP contribution in [0.25, 0.3) is 0 Å². The molecule has 0 bridgehead atoms. The first-order chi connectivity index (χ1) is 7.34. The fraction of sp³-hybridized carbons (Fsp3) is 1.00. The van der Waals surface area contributed by atoms with Gasteiger partial charge in [-0.15, -0.1) is 0 Å². The maximum atomic E-state index is 12.0. The molecule has 0 radical (unpaired) electrons. The highest BCUT2D eigenvalue weighted by molar-refractivity contribution is 7.87. The van der Waals surface area contributed by atoms with Crippen LogP contribution in [0.15, 0.2) is 0 Å². The Labute approximate surface area is 98.6 Å². The topological polar surface area (TPSA) is 75.4 Å². The molecule has 0 aromatic rings. The highest BCUT2D eigenvalue weighted by atomic mass is 32.2. The Balaban J connectivity index is 2.67. The van der Waals surface area contributed by atoms with E-state index < -0.39 is 16.4 Å². The Morgan fingerprint density at radius 1 is 1.50 bits per heavy atom. The number of nitrogens with zero attached hydrogens (tertiary/aromatic N) is 1. The van der Waals surface area contributed by atoms with Gasteiger partial charge in [0.1, 0.15) is 0 Å². The van der Waals surface area contributed by atoms with Crippen molar-refractivity contribution < 1.29 is 8.42 Å². The molecule has 0 saturated carbocycles. The summed E-state index contributed by atoms with van der Waals surface area (Å²) in [6, 6.07) is 0. The highest BCUT2D eigenvalue weighted by Crippen LogP contribution is 2.21. The van der Waals surface area contributed by atoms with E-state index in [1.54, 1.807) is 0 Å². The molecule has 3 N–H and O–H groups in total. The van der Waals surface area contributed by atoms with E-state index in [9.17, 15) is 8.42 Å². The van der Waals surface area contributed by atoms with E-state index in [0.29, 0.717) is 19.0 Å². The van der Waals surface area contributed by atoms with Crippen LogP contribution >= 0.6 is 0 Å². The number of nitrogens with one attached hydrogen (secondary N) is 1. The van der Waals surface area contributed by atoms with Gasteiger partial charge in [0.15, 0.2) is 0 Å². The summed E-state index contributed by atoms with van der Waals surface area (Å²) in [5.41, 5.74) is 5.92. The van der Waals surface area contributed by atoms with E-state index in [1.807, 2.05) is 20.8 Å². The smallest absolute Gasteiger partial charge is 0.280 e. The average Bonchev–Trinajstić information content (AvgIpc) is 2.19. The second-order valence-corrected chi connectivity index (χ2v) is 6.68. The van der Waals surface area contributed by atoms with Crippen molar-refractivity contribution in [2.45, 2.75) is 39.8 Å². The summed E-state index contributed by atoms with van der Waals surface area (Å²) in [4.78, 5) is 0. The van der Waals surface area contributed by atoms with Gasteiger partial charge in [0.25, 0.3) is 10.2 Å². The number of piperidine rings is 1. The average molecular weight is 249 g/mol. The second-order valence-electron chi connectivity index (χ2n) is 4.97. The van der Waals surface area contributed by atoms with Gasteiger partial charge in [-0.1, -0.05) is 20.8 Å². The lowest BCUT2D eigenvalue weighted by Crippen LogP contribution is -2.56. The molecule has 5 nitrogen and oxygen atoms in total. The molecular formula is C10H23N3O2S. The van der Waals surface area contributed by atoms with Crippen LogP contribution in [0.2, 0.25) is 0 Å². The third kappa shape index (κ3) is 3.41. The molecule has 0 spiro atoms. The molecule has 1 saturated heterocycles. The first-order valence-electron chi connectivity index (χ1n) is 5.86. The predicted octanol–water partition coefficient (Wildman–Crippen LogP) is 0.494. The van der Waals surface area contributed by atoms with Gasteiger partial charge < -0.3 is 5.73 Å². The van der Waals surface area contributed by atoms with Crippen molar-refractivity contribution in [1.29, 1.82) is 0 Å². The van der Waals surface area contributed by atoms with Gasteiger partial charge in [-0.05, 0) is 24.7 Å². The fourth-order valence-electron chi connectivity index (χ4n) is 1.81. The lowest BCUT2D eigenvalue weighted by atomic mass is 9.99. The second kappa shape index (κ2) is 5.44. The standard InChI is InChI=1S/C10H23N3O2S/c1-8(2)7-12-16(14,15)13-6-4-5-9(3)10(13)11/h8-10,12H,4-7,11H2,1-3H3. The van der Waals surface area contributed by atoms with E-state index in [0.717, 1.165) is 12.8 Å². The minimum atomic E-state index is -3.40. The summed E-state index contributed by atoms with van der Waals surface area (Å²) >= 11 is 0. The van der Waals surface area contributed by atoms with Crippen molar-refractivity contribution in [3.63, 3.8) is 0 Å². The first kappa shape index (κ1) is 13.9. The Bertz CT molecular complexity index is 316. The normalized spacial score (nSPS) is 28.6. The Kier molecular flexibility index (Phi) is 4.73. The molecule has 0 amide bonds. The zero-order chi connectivity index (χ0) is 12.3. The van der Waals surface area contributed by atoms with Gasteiger partial charge in [-0.25, -0.2) is 4.72 Å². The molecule has 0 aliphatic carbocycles. The monoisotopic (exact) mass is 249 g/mol. The van der Waals surface area contributed by atoms with Crippen molar-refractivity contribution in [3.8, 4) is 0 Å². The molecule has 0 aromatic carbocycles. The zero-order valence-corrected chi connectivity index (χ0v) is 11.1. The first-order valence-corrected chi connectivity index (χ1v) is 7.30. The summed E-state index contributed by atoms with van der Waals surface area (Å²) in [6.07, 6.45) is 1.49. The summed E-state index contributed by atoms with van der Waals surface area (Å²) in [5.74, 6) is 0.526. The summed E-state index contributed by atoms with van der Waals surface area (Å²) in [7, 11) is -3.40. The largest absolute Gasteiger partial charge is 0.315 e. The van der Waals surface area contributed by atoms with E-state index in [4.69, 9.17) is 5.73 Å². The maximum Gasteiger partial charge on any atom is 0.280 e. The van der Waals surface area contributed by atoms with E-state index in [-0.39, 0.29) is 5.92 Å². The molecule has 1 aliphatic rings. The van der Waals surface area contributed by atoms with Gasteiger partial charge in [0.05, 0.1) is 6.17 Å². The van der Waals surface area contributed by atoms with Crippen molar-refractivity contribution in [3.05, 3.63) is 0 Å². The lowest BCUT2D eigenvalue weighted by Gasteiger charge is -2.36. The molecular weight excluding hydrogens is 226 g/mol. The molecule has 2 unspecified atom stereocenters. The third-order valence-electron chi connectivity index (χ3n) is 2.94. The van der Waals surface area contributed by atoms with Crippen LogP contribution < -0.4 is 10.5 Å². The van der Waals surface area contributed by atoms with Crippen molar-refractivity contribution in [2.75, 3.05) is 13.1 Å². The van der Waals surface area contributed by atoms with Crippen LogP contribution in [0, 0.1) is 11.8 Å². The van der Waals surface area contributed by atoms with Crippen molar-refractivity contribution >= 4 is 10.2 Å². The van der Waals surface area contributed by atoms with Gasteiger partial charge >= 0.3 is 0 Å². The molecule has 1 heterocycles. The van der Waals surface area contributed by atoms with Gasteiger partial charge in [0.2, 0.25) is 0 Å². The number of nitrogens with two attached hydrogens (primary N) is 1. The van der Waals surface area contributed by atoms with Gasteiger partial charge in [0, 0.05) is 13.1 Å². The number of rotatable bonds is 4. The molecule has 6 heteroatoms. The van der Waals surface area contributed by atoms with Crippen LogP contribution in [-0.2, 0) is 10.2 Å². The molecule has 1 rings (SSSR count). The van der Waals surface area contributed by atoms with Gasteiger partial charge in [-0.2, -0.15) is 12.7 Å². The summed E-state index contributed by atoms with van der Waals surface area (Å²) in [6.45, 7) is 6.93. The molecule has 2 atom stereocenters. The Morgan fingerprint density at radius 2 is 2.12 bits per heavy atom. The van der Waals surface area contributed by atoms with E-state index in [1.165, 1.54) is 4.31 Å². The number of hydrogen-bond acceptors (Lipinski definition) is 3. The van der Waals surface area contributed by atoms with Gasteiger partial charge in [-0.3, -0.25) is 0 Å². The van der Waals surface area contributed by atoms with Crippen molar-refractivity contribution in [1.82, 2.24) is 9.03 Å². The maximum absolute atomic E-state index is 12.0. The Morgan fingerprint density at radius 3 is 2.69 bits per heavy atom. The SMILES string of the molecule is CC(C)CNS(=O)(=O)N1CCCC(C)C1N. The molecule has 16 heavy (non-hydrogen) atoms. The van der Waals surface area contributed by atoms with Crippen LogP contribution in [0.1, 0.15) is 33.6 Å². The highest BCUT2D eigenvalue weighted by Gasteiger charge is 2.33. The minimum Gasteiger partial charge on any atom is -0.315 e. The predicted molar refractivity (Wildman–Crippen MR) is 64.8 cm³/mol. The lowest BCUT2D eigenvalue weighted by molar-refractivity contribution is 0.190.